The molecule has 0 radical (unpaired) electrons. The minimum Gasteiger partial charge on any atom is -0.357 e. The number of guanidine groups is 1. The second-order valence-electron chi connectivity index (χ2n) is 4.96. The van der Waals surface area contributed by atoms with Crippen molar-refractivity contribution in [2.24, 2.45) is 12.0 Å². The minimum atomic E-state index is 0. The fourth-order valence-electron chi connectivity index (χ4n) is 2.00. The van der Waals surface area contributed by atoms with Gasteiger partial charge in [-0.05, 0) is 19.4 Å². The summed E-state index contributed by atoms with van der Waals surface area (Å²) in [5, 5.41) is 8.66. The van der Waals surface area contributed by atoms with Crippen LogP contribution in [0, 0.1) is 0 Å². The molecule has 2 aromatic rings. The van der Waals surface area contributed by atoms with E-state index in [1.165, 1.54) is 4.88 Å². The SMILES string of the molecule is CCNC(=NCc1cc(Cl)c(Cl)n1C)NCc1ncc(CC)s1.I. The molecule has 0 aliphatic carbocycles. The number of hydrogen-bond acceptors (Lipinski definition) is 3. The van der Waals surface area contributed by atoms with E-state index in [1.54, 1.807) is 11.3 Å². The number of aromatic nitrogens is 2. The van der Waals surface area contributed by atoms with Crippen LogP contribution in [0.1, 0.15) is 29.4 Å². The van der Waals surface area contributed by atoms with Crippen LogP contribution in [0.4, 0.5) is 0 Å². The molecule has 2 rings (SSSR count). The first-order valence-electron chi connectivity index (χ1n) is 7.50. The number of thiazole rings is 1. The number of aliphatic imine (C=N–C) groups is 1. The van der Waals surface area contributed by atoms with Gasteiger partial charge in [-0.2, -0.15) is 0 Å². The van der Waals surface area contributed by atoms with Gasteiger partial charge in [0.15, 0.2) is 5.96 Å². The van der Waals surface area contributed by atoms with Crippen LogP contribution in [0.2, 0.25) is 10.2 Å². The van der Waals surface area contributed by atoms with E-state index in [0.29, 0.717) is 23.3 Å². The predicted molar refractivity (Wildman–Crippen MR) is 114 cm³/mol. The molecule has 2 aromatic heterocycles. The monoisotopic (exact) mass is 501 g/mol. The maximum Gasteiger partial charge on any atom is 0.191 e. The summed E-state index contributed by atoms with van der Waals surface area (Å²) in [6.45, 7) is 6.11. The summed E-state index contributed by atoms with van der Waals surface area (Å²) in [4.78, 5) is 10.3. The molecule has 9 heteroatoms. The molecule has 0 saturated carbocycles. The first-order chi connectivity index (χ1) is 11.0. The van der Waals surface area contributed by atoms with E-state index in [0.717, 1.165) is 29.6 Å². The number of nitrogens with zero attached hydrogens (tertiary/aromatic N) is 3. The largest absolute Gasteiger partial charge is 0.357 e. The van der Waals surface area contributed by atoms with Crippen molar-refractivity contribution in [2.45, 2.75) is 33.4 Å². The van der Waals surface area contributed by atoms with Gasteiger partial charge in [0, 0.05) is 30.4 Å². The average Bonchev–Trinajstić information content (AvgIpc) is 3.10. The summed E-state index contributed by atoms with van der Waals surface area (Å²) < 4.78 is 1.84. The van der Waals surface area contributed by atoms with Gasteiger partial charge in [-0.25, -0.2) is 9.98 Å². The van der Waals surface area contributed by atoms with Crippen LogP contribution in [0.15, 0.2) is 17.3 Å². The summed E-state index contributed by atoms with van der Waals surface area (Å²) in [6, 6.07) is 1.84. The van der Waals surface area contributed by atoms with Gasteiger partial charge in [0.2, 0.25) is 0 Å². The Bertz CT molecular complexity index is 683. The normalized spacial score (nSPS) is 11.3. The molecule has 2 heterocycles. The summed E-state index contributed by atoms with van der Waals surface area (Å²) >= 11 is 13.8. The molecule has 2 N–H and O–H groups in total. The molecular weight excluding hydrogens is 480 g/mol. The molecule has 0 bridgehead atoms. The molecule has 0 unspecified atom stereocenters. The third kappa shape index (κ3) is 5.79. The maximum atomic E-state index is 6.08. The molecule has 0 spiro atoms. The van der Waals surface area contributed by atoms with Crippen molar-refractivity contribution in [3.63, 3.8) is 0 Å². The quantitative estimate of drug-likeness (QED) is 0.354. The fraction of sp³-hybridized carbons (Fsp3) is 0.467. The van der Waals surface area contributed by atoms with Crippen LogP contribution in [0.5, 0.6) is 0 Å². The molecule has 0 amide bonds. The molecule has 0 aliphatic heterocycles. The lowest BCUT2D eigenvalue weighted by Crippen LogP contribution is -2.36. The second-order valence-corrected chi connectivity index (χ2v) is 6.92. The van der Waals surface area contributed by atoms with Crippen molar-refractivity contribution < 1.29 is 0 Å². The Morgan fingerprint density at radius 2 is 2.08 bits per heavy atom. The number of aryl methyl sites for hydroxylation is 1. The lowest BCUT2D eigenvalue weighted by atomic mass is 10.4. The smallest absolute Gasteiger partial charge is 0.191 e. The summed E-state index contributed by atoms with van der Waals surface area (Å²) in [7, 11) is 1.88. The van der Waals surface area contributed by atoms with E-state index in [4.69, 9.17) is 23.2 Å². The van der Waals surface area contributed by atoms with Crippen molar-refractivity contribution in [2.75, 3.05) is 6.54 Å². The minimum absolute atomic E-state index is 0. The van der Waals surface area contributed by atoms with Crippen LogP contribution in [0.3, 0.4) is 0 Å². The van der Waals surface area contributed by atoms with Crippen LogP contribution >= 0.6 is 58.5 Å². The fourth-order valence-corrected chi connectivity index (χ4v) is 3.21. The van der Waals surface area contributed by atoms with Crippen LogP contribution < -0.4 is 10.6 Å². The number of hydrogen-bond donors (Lipinski definition) is 2. The van der Waals surface area contributed by atoms with Gasteiger partial charge in [-0.1, -0.05) is 30.1 Å². The summed E-state index contributed by atoms with van der Waals surface area (Å²) in [5.74, 6) is 0.745. The van der Waals surface area contributed by atoms with Crippen LogP contribution in [0.25, 0.3) is 0 Å². The Morgan fingerprint density at radius 1 is 1.33 bits per heavy atom. The topological polar surface area (TPSA) is 54.2 Å². The van der Waals surface area contributed by atoms with E-state index in [1.807, 2.05) is 30.8 Å². The van der Waals surface area contributed by atoms with Gasteiger partial charge >= 0.3 is 0 Å². The number of nitrogens with one attached hydrogen (secondary N) is 2. The van der Waals surface area contributed by atoms with Gasteiger partial charge in [0.25, 0.3) is 0 Å². The van der Waals surface area contributed by atoms with Gasteiger partial charge in [0.05, 0.1) is 18.1 Å². The summed E-state index contributed by atoms with van der Waals surface area (Å²) in [6.07, 6.45) is 2.94. The standard InChI is InChI=1S/C15H21Cl2N5S.HI/c1-4-11-8-19-13(23-11)9-21-15(18-5-2)20-7-10-6-12(16)14(17)22(10)3;/h6,8H,4-5,7,9H2,1-3H3,(H2,18,20,21);1H. The average molecular weight is 502 g/mol. The highest BCUT2D eigenvalue weighted by molar-refractivity contribution is 14.0. The Labute approximate surface area is 173 Å². The van der Waals surface area contributed by atoms with Gasteiger partial charge in [0.1, 0.15) is 10.2 Å². The Morgan fingerprint density at radius 3 is 2.62 bits per heavy atom. The molecule has 0 aliphatic rings. The zero-order valence-corrected chi connectivity index (χ0v) is 18.6. The predicted octanol–water partition coefficient (Wildman–Crippen LogP) is 4.22. The Balaban J connectivity index is 0.00000288. The van der Waals surface area contributed by atoms with Crippen LogP contribution in [-0.2, 0) is 26.6 Å². The molecular formula is C15H22Cl2IN5S. The Kier molecular flexibility index (Phi) is 9.40. The molecule has 24 heavy (non-hydrogen) atoms. The second kappa shape index (κ2) is 10.5. The van der Waals surface area contributed by atoms with Crippen molar-refractivity contribution >= 4 is 64.5 Å². The van der Waals surface area contributed by atoms with E-state index in [-0.39, 0.29) is 24.0 Å². The van der Waals surface area contributed by atoms with Crippen molar-refractivity contribution in [1.82, 2.24) is 20.2 Å². The molecule has 134 valence electrons. The molecule has 0 fully saturated rings. The van der Waals surface area contributed by atoms with Crippen molar-refractivity contribution in [3.8, 4) is 0 Å². The first-order valence-corrected chi connectivity index (χ1v) is 9.07. The lowest BCUT2D eigenvalue weighted by Gasteiger charge is -2.10. The molecule has 0 saturated heterocycles. The first kappa shape index (κ1) is 21.5. The maximum absolute atomic E-state index is 6.08. The van der Waals surface area contributed by atoms with Crippen molar-refractivity contribution in [1.29, 1.82) is 0 Å². The molecule has 0 atom stereocenters. The van der Waals surface area contributed by atoms with Crippen LogP contribution in [-0.4, -0.2) is 22.1 Å². The third-order valence-corrected chi connectivity index (χ3v) is 5.30. The number of halogens is 3. The van der Waals surface area contributed by atoms with E-state index < -0.39 is 0 Å². The van der Waals surface area contributed by atoms with E-state index >= 15 is 0 Å². The highest BCUT2D eigenvalue weighted by Crippen LogP contribution is 2.25. The van der Waals surface area contributed by atoms with Crippen molar-refractivity contribution in [3.05, 3.63) is 38.0 Å². The Hall–Kier alpha value is -0.510. The number of rotatable bonds is 6. The van der Waals surface area contributed by atoms with Gasteiger partial charge < -0.3 is 15.2 Å². The third-order valence-electron chi connectivity index (χ3n) is 3.32. The zero-order chi connectivity index (χ0) is 16.8. The van der Waals surface area contributed by atoms with Gasteiger partial charge in [-0.3, -0.25) is 0 Å². The highest BCUT2D eigenvalue weighted by Gasteiger charge is 2.09. The van der Waals surface area contributed by atoms with Gasteiger partial charge in [-0.15, -0.1) is 35.3 Å². The summed E-state index contributed by atoms with van der Waals surface area (Å²) in [5.41, 5.74) is 0.958. The molecule has 5 nitrogen and oxygen atoms in total. The molecule has 0 aromatic carbocycles. The highest BCUT2D eigenvalue weighted by atomic mass is 127. The van der Waals surface area contributed by atoms with E-state index in [9.17, 15) is 0 Å². The lowest BCUT2D eigenvalue weighted by molar-refractivity contribution is 0.785. The van der Waals surface area contributed by atoms with E-state index in [2.05, 4.69) is 27.5 Å². The zero-order valence-electron chi connectivity index (χ0n) is 13.9.